The summed E-state index contributed by atoms with van der Waals surface area (Å²) >= 11 is 0. The van der Waals surface area contributed by atoms with Crippen molar-refractivity contribution in [2.45, 2.75) is 19.9 Å². The number of H-pyrrole nitrogens is 1. The number of hydrogen-bond donors (Lipinski definition) is 1. The van der Waals surface area contributed by atoms with Gasteiger partial charge in [0.2, 0.25) is 0 Å². The number of nitro groups is 1. The molecule has 1 aromatic rings. The minimum absolute atomic E-state index is 0.0886. The molecule has 1 aromatic heterocycles. The molecule has 0 saturated carbocycles. The van der Waals surface area contributed by atoms with Crippen LogP contribution in [0.2, 0.25) is 0 Å². The zero-order chi connectivity index (χ0) is 15.3. The van der Waals surface area contributed by atoms with E-state index in [2.05, 4.69) is 4.74 Å². The van der Waals surface area contributed by atoms with Crippen molar-refractivity contribution in [3.8, 4) is 0 Å². The van der Waals surface area contributed by atoms with Gasteiger partial charge in [-0.05, 0) is 6.42 Å². The summed E-state index contributed by atoms with van der Waals surface area (Å²) in [7, 11) is 1.23. The Morgan fingerprint density at radius 3 is 2.70 bits per heavy atom. The van der Waals surface area contributed by atoms with Crippen molar-refractivity contribution in [3.63, 3.8) is 0 Å². The Balaban J connectivity index is 3.16. The summed E-state index contributed by atoms with van der Waals surface area (Å²) in [5.74, 6) is -0.542. The summed E-state index contributed by atoms with van der Waals surface area (Å²) in [6.07, 6.45) is 2.63. The highest BCUT2D eigenvalue weighted by molar-refractivity contribution is 5.88. The molecule has 0 atom stereocenters. The van der Waals surface area contributed by atoms with Gasteiger partial charge in [-0.1, -0.05) is 13.0 Å². The first-order valence-corrected chi connectivity index (χ1v) is 5.66. The average Bonchev–Trinajstić information content (AvgIpc) is 2.40. The van der Waals surface area contributed by atoms with Gasteiger partial charge in [0.15, 0.2) is 0 Å². The molecule has 0 saturated heterocycles. The lowest BCUT2D eigenvalue weighted by Crippen LogP contribution is -2.30. The van der Waals surface area contributed by atoms with Crippen molar-refractivity contribution < 1.29 is 14.5 Å². The zero-order valence-electron chi connectivity index (χ0n) is 10.9. The molecule has 0 radical (unpaired) electrons. The van der Waals surface area contributed by atoms with Gasteiger partial charge in [0.25, 0.3) is 0 Å². The van der Waals surface area contributed by atoms with E-state index in [9.17, 15) is 24.5 Å². The summed E-state index contributed by atoms with van der Waals surface area (Å²) in [4.78, 5) is 45.6. The van der Waals surface area contributed by atoms with E-state index in [1.165, 1.54) is 13.2 Å². The Morgan fingerprint density at radius 1 is 1.55 bits per heavy atom. The number of carbonyl (C=O) groups is 1. The van der Waals surface area contributed by atoms with Gasteiger partial charge in [-0.2, -0.15) is 0 Å². The van der Waals surface area contributed by atoms with E-state index in [1.807, 2.05) is 4.98 Å². The molecule has 0 unspecified atom stereocenters. The van der Waals surface area contributed by atoms with Crippen molar-refractivity contribution in [3.05, 3.63) is 48.8 Å². The second-order valence-electron chi connectivity index (χ2n) is 3.76. The lowest BCUT2D eigenvalue weighted by atomic mass is 10.2. The Hall–Kier alpha value is -2.71. The quantitative estimate of drug-likeness (QED) is 0.350. The highest BCUT2D eigenvalue weighted by Gasteiger charge is 2.14. The second kappa shape index (κ2) is 6.45. The van der Waals surface area contributed by atoms with E-state index in [0.717, 1.165) is 10.8 Å². The van der Waals surface area contributed by atoms with Crippen LogP contribution in [0.5, 0.6) is 0 Å². The number of rotatable bonds is 5. The Kier molecular flexibility index (Phi) is 4.95. The predicted molar refractivity (Wildman–Crippen MR) is 68.4 cm³/mol. The van der Waals surface area contributed by atoms with Crippen molar-refractivity contribution >= 4 is 11.7 Å². The molecule has 0 fully saturated rings. The minimum Gasteiger partial charge on any atom is -0.466 e. The molecule has 1 heterocycles. The number of methoxy groups -OCH3 is 1. The van der Waals surface area contributed by atoms with Gasteiger partial charge in [0, 0.05) is 12.1 Å². The topological polar surface area (TPSA) is 124 Å². The standard InChI is InChI=1S/C11H13N3O6/c1-3-7(10(16)20-2)4-5-13-6-8(14(18)19)9(15)12-11(13)17/h4,6H,3,5H2,1-2H3,(H,12,15,17). The first-order chi connectivity index (χ1) is 9.40. The summed E-state index contributed by atoms with van der Waals surface area (Å²) in [6, 6.07) is 0. The van der Waals surface area contributed by atoms with Gasteiger partial charge in [-0.3, -0.25) is 24.5 Å². The molecule has 0 amide bonds. The Morgan fingerprint density at radius 2 is 2.20 bits per heavy atom. The van der Waals surface area contributed by atoms with Crippen LogP contribution in [0.25, 0.3) is 0 Å². The molecule has 0 aliphatic heterocycles. The Labute approximate surface area is 112 Å². The molecule has 108 valence electrons. The fourth-order valence-electron chi connectivity index (χ4n) is 1.48. The third-order valence-electron chi connectivity index (χ3n) is 2.55. The summed E-state index contributed by atoms with van der Waals surface area (Å²) in [6.45, 7) is 1.63. The van der Waals surface area contributed by atoms with E-state index in [4.69, 9.17) is 0 Å². The lowest BCUT2D eigenvalue weighted by Gasteiger charge is -2.04. The minimum atomic E-state index is -1.07. The summed E-state index contributed by atoms with van der Waals surface area (Å²) < 4.78 is 5.47. The van der Waals surface area contributed by atoms with Crippen molar-refractivity contribution in [1.82, 2.24) is 9.55 Å². The number of esters is 1. The van der Waals surface area contributed by atoms with Gasteiger partial charge in [-0.15, -0.1) is 0 Å². The van der Waals surface area contributed by atoms with Crippen LogP contribution in [0, 0.1) is 10.1 Å². The van der Waals surface area contributed by atoms with Crippen molar-refractivity contribution in [2.24, 2.45) is 0 Å². The zero-order valence-corrected chi connectivity index (χ0v) is 10.9. The maximum atomic E-state index is 11.5. The number of ether oxygens (including phenoxy) is 1. The normalized spacial score (nSPS) is 11.2. The monoisotopic (exact) mass is 283 g/mol. The summed E-state index contributed by atoms with van der Waals surface area (Å²) in [5, 5.41) is 10.6. The molecule has 9 heteroatoms. The largest absolute Gasteiger partial charge is 0.466 e. The highest BCUT2D eigenvalue weighted by atomic mass is 16.6. The second-order valence-corrected chi connectivity index (χ2v) is 3.76. The summed E-state index contributed by atoms with van der Waals surface area (Å²) in [5.41, 5.74) is -2.27. The first-order valence-electron chi connectivity index (χ1n) is 5.66. The molecule has 1 rings (SSSR count). The fourth-order valence-corrected chi connectivity index (χ4v) is 1.48. The first kappa shape index (κ1) is 15.3. The number of aromatic nitrogens is 2. The van der Waals surface area contributed by atoms with Crippen LogP contribution in [-0.4, -0.2) is 27.6 Å². The molecule has 20 heavy (non-hydrogen) atoms. The van der Waals surface area contributed by atoms with Crippen LogP contribution in [0.3, 0.4) is 0 Å². The van der Waals surface area contributed by atoms with Gasteiger partial charge in [0.05, 0.1) is 18.2 Å². The molecular formula is C11H13N3O6. The molecule has 0 bridgehead atoms. The molecule has 1 N–H and O–H groups in total. The fraction of sp³-hybridized carbons (Fsp3) is 0.364. The van der Waals surface area contributed by atoms with E-state index in [0.29, 0.717) is 12.0 Å². The van der Waals surface area contributed by atoms with Crippen molar-refractivity contribution in [2.75, 3.05) is 7.11 Å². The highest BCUT2D eigenvalue weighted by Crippen LogP contribution is 2.04. The number of nitrogens with zero attached hydrogens (tertiary/aromatic N) is 2. The van der Waals surface area contributed by atoms with Gasteiger partial charge in [-0.25, -0.2) is 9.59 Å². The lowest BCUT2D eigenvalue weighted by molar-refractivity contribution is -0.386. The number of aromatic amines is 1. The van der Waals surface area contributed by atoms with E-state index in [-0.39, 0.29) is 6.54 Å². The maximum absolute atomic E-state index is 11.5. The van der Waals surface area contributed by atoms with Gasteiger partial charge >= 0.3 is 22.9 Å². The maximum Gasteiger partial charge on any atom is 0.350 e. The van der Waals surface area contributed by atoms with Gasteiger partial charge in [0.1, 0.15) is 0 Å². The SMILES string of the molecule is CCC(=CCn1cc([N+](=O)[O-])c(=O)[nH]c1=O)C(=O)OC. The van der Waals surface area contributed by atoms with Crippen LogP contribution in [0.1, 0.15) is 13.3 Å². The third kappa shape index (κ3) is 3.40. The molecule has 9 nitrogen and oxygen atoms in total. The number of carbonyl (C=O) groups excluding carboxylic acids is 1. The van der Waals surface area contributed by atoms with Crippen LogP contribution in [0.15, 0.2) is 27.4 Å². The molecular weight excluding hydrogens is 270 g/mol. The van der Waals surface area contributed by atoms with Crippen LogP contribution in [-0.2, 0) is 16.1 Å². The molecule has 0 spiro atoms. The van der Waals surface area contributed by atoms with Crippen LogP contribution in [0.4, 0.5) is 5.69 Å². The van der Waals surface area contributed by atoms with E-state index < -0.39 is 27.8 Å². The van der Waals surface area contributed by atoms with Crippen molar-refractivity contribution in [1.29, 1.82) is 0 Å². The third-order valence-corrected chi connectivity index (χ3v) is 2.55. The molecule has 0 aliphatic carbocycles. The molecule has 0 aliphatic rings. The number of allylic oxidation sites excluding steroid dienone is 1. The van der Waals surface area contributed by atoms with Crippen LogP contribution < -0.4 is 11.2 Å². The van der Waals surface area contributed by atoms with E-state index >= 15 is 0 Å². The van der Waals surface area contributed by atoms with Crippen LogP contribution >= 0.6 is 0 Å². The van der Waals surface area contributed by atoms with E-state index in [1.54, 1.807) is 6.92 Å². The Bertz CT molecular complexity index is 669. The number of nitrogens with one attached hydrogen (secondary N) is 1. The predicted octanol–water partition coefficient (Wildman–Crippen LogP) is -0.0458. The smallest absolute Gasteiger partial charge is 0.350 e. The average molecular weight is 283 g/mol. The molecule has 0 aromatic carbocycles. The van der Waals surface area contributed by atoms with Gasteiger partial charge < -0.3 is 4.74 Å². The number of hydrogen-bond acceptors (Lipinski definition) is 6.